The lowest BCUT2D eigenvalue weighted by atomic mass is 10.1. The largest absolute Gasteiger partial charge is 0.481 e. The number of fused-ring (bicyclic) bond motifs is 1. The van der Waals surface area contributed by atoms with Gasteiger partial charge in [0.1, 0.15) is 5.75 Å². The number of anilines is 1. The molecule has 0 amide bonds. The first-order chi connectivity index (χ1) is 17.7. The van der Waals surface area contributed by atoms with E-state index in [9.17, 15) is 0 Å². The first kappa shape index (κ1) is 23.9. The number of nitrogens with one attached hydrogen (secondary N) is 1. The molecule has 4 aromatic rings. The topological polar surface area (TPSA) is 75.7 Å². The Labute approximate surface area is 211 Å². The summed E-state index contributed by atoms with van der Waals surface area (Å²) in [5.74, 6) is 1.46. The summed E-state index contributed by atoms with van der Waals surface area (Å²) < 4.78 is 16.2. The van der Waals surface area contributed by atoms with Gasteiger partial charge in [0.25, 0.3) is 0 Å². The van der Waals surface area contributed by atoms with Gasteiger partial charge in [-0.25, -0.2) is 0 Å². The second kappa shape index (κ2) is 11.3. The van der Waals surface area contributed by atoms with E-state index in [1.165, 1.54) is 35.0 Å². The third-order valence-electron chi connectivity index (χ3n) is 6.71. The van der Waals surface area contributed by atoms with Gasteiger partial charge in [-0.15, -0.1) is 0 Å². The number of methoxy groups -OCH3 is 2. The molecule has 1 fully saturated rings. The Balaban J connectivity index is 1.07. The van der Waals surface area contributed by atoms with Crippen molar-refractivity contribution in [1.29, 1.82) is 0 Å². The van der Waals surface area contributed by atoms with E-state index in [1.807, 2.05) is 12.1 Å². The molecule has 3 heterocycles. The quantitative estimate of drug-likeness (QED) is 0.319. The van der Waals surface area contributed by atoms with Gasteiger partial charge in [0.15, 0.2) is 0 Å². The third-order valence-corrected chi connectivity index (χ3v) is 6.71. The number of hydrogen-bond acceptors (Lipinski definition) is 7. The second-order valence-corrected chi connectivity index (χ2v) is 8.98. The lowest BCUT2D eigenvalue weighted by Crippen LogP contribution is -2.46. The number of unbranched alkanes of at least 4 members (excludes halogenated alkanes) is 1. The van der Waals surface area contributed by atoms with Crippen LogP contribution >= 0.6 is 0 Å². The summed E-state index contributed by atoms with van der Waals surface area (Å²) in [6.07, 6.45) is 5.74. The molecule has 0 atom stereocenters. The Morgan fingerprint density at radius 3 is 2.31 bits per heavy atom. The number of nitrogens with zero attached hydrogens (tertiary/aromatic N) is 4. The minimum Gasteiger partial charge on any atom is -0.481 e. The van der Waals surface area contributed by atoms with Crippen molar-refractivity contribution >= 4 is 16.6 Å². The van der Waals surface area contributed by atoms with Crippen LogP contribution < -0.4 is 19.1 Å². The molecule has 0 unspecified atom stereocenters. The first-order valence-electron chi connectivity index (χ1n) is 12.5. The van der Waals surface area contributed by atoms with Gasteiger partial charge < -0.3 is 24.1 Å². The highest BCUT2D eigenvalue weighted by atomic mass is 16.5. The number of rotatable bonds is 10. The van der Waals surface area contributed by atoms with Crippen LogP contribution in [0.2, 0.25) is 0 Å². The van der Waals surface area contributed by atoms with E-state index in [4.69, 9.17) is 14.2 Å². The standard InChI is InChI=1S/C28H33N5O3/c1-34-26-19-27(35-2)31-28(30-26)36-23-12-10-22(11-13-23)33-17-15-32(16-18-33)14-6-5-7-21-20-29-25-9-4-3-8-24(21)25/h3-4,8-13,19-20,29H,5-7,14-18H2,1-2H3. The summed E-state index contributed by atoms with van der Waals surface area (Å²) in [6.45, 7) is 5.39. The van der Waals surface area contributed by atoms with Crippen LogP contribution in [0.4, 0.5) is 5.69 Å². The number of aromatic nitrogens is 3. The zero-order valence-electron chi connectivity index (χ0n) is 20.9. The van der Waals surface area contributed by atoms with Crippen LogP contribution in [0, 0.1) is 0 Å². The van der Waals surface area contributed by atoms with Gasteiger partial charge in [-0.1, -0.05) is 18.2 Å². The summed E-state index contributed by atoms with van der Waals surface area (Å²) in [7, 11) is 3.09. The molecule has 0 spiro atoms. The minimum absolute atomic E-state index is 0.192. The summed E-state index contributed by atoms with van der Waals surface area (Å²) in [5, 5.41) is 1.36. The fourth-order valence-electron chi connectivity index (χ4n) is 4.69. The summed E-state index contributed by atoms with van der Waals surface area (Å²) in [5.41, 5.74) is 3.86. The van der Waals surface area contributed by atoms with Crippen molar-refractivity contribution in [1.82, 2.24) is 19.9 Å². The van der Waals surface area contributed by atoms with Crippen LogP contribution in [0.1, 0.15) is 18.4 Å². The number of benzene rings is 2. The average Bonchev–Trinajstić information content (AvgIpc) is 3.35. The third kappa shape index (κ3) is 5.71. The van der Waals surface area contributed by atoms with Crippen molar-refractivity contribution in [3.63, 3.8) is 0 Å². The van der Waals surface area contributed by atoms with Gasteiger partial charge in [0.05, 0.1) is 20.3 Å². The van der Waals surface area contributed by atoms with Crippen molar-refractivity contribution in [3.05, 3.63) is 66.4 Å². The lowest BCUT2D eigenvalue weighted by Gasteiger charge is -2.36. The van der Waals surface area contributed by atoms with Crippen LogP contribution in [0.25, 0.3) is 10.9 Å². The molecule has 1 N–H and O–H groups in total. The number of aryl methyl sites for hydroxylation is 1. The van der Waals surface area contributed by atoms with Crippen molar-refractivity contribution in [3.8, 4) is 23.5 Å². The Kier molecular flexibility index (Phi) is 7.52. The highest BCUT2D eigenvalue weighted by Gasteiger charge is 2.17. The Bertz CT molecular complexity index is 1240. The SMILES string of the molecule is COc1cc(OC)nc(Oc2ccc(N3CCN(CCCCc4c[nH]c5ccccc45)CC3)cc2)n1. The van der Waals surface area contributed by atoms with E-state index in [-0.39, 0.29) is 6.01 Å². The highest BCUT2D eigenvalue weighted by molar-refractivity contribution is 5.83. The van der Waals surface area contributed by atoms with E-state index in [0.717, 1.165) is 39.1 Å². The van der Waals surface area contributed by atoms with E-state index in [1.54, 1.807) is 20.3 Å². The maximum Gasteiger partial charge on any atom is 0.328 e. The lowest BCUT2D eigenvalue weighted by molar-refractivity contribution is 0.253. The molecule has 0 radical (unpaired) electrons. The van der Waals surface area contributed by atoms with Crippen LogP contribution in [-0.4, -0.2) is 66.8 Å². The summed E-state index contributed by atoms with van der Waals surface area (Å²) in [4.78, 5) is 16.8. The van der Waals surface area contributed by atoms with E-state index in [0.29, 0.717) is 17.5 Å². The summed E-state index contributed by atoms with van der Waals surface area (Å²) in [6, 6.07) is 18.4. The van der Waals surface area contributed by atoms with Crippen molar-refractivity contribution in [2.24, 2.45) is 0 Å². The number of ether oxygens (including phenoxy) is 3. The molecular formula is C28H33N5O3. The molecule has 8 nitrogen and oxygen atoms in total. The van der Waals surface area contributed by atoms with Gasteiger partial charge in [-0.3, -0.25) is 4.90 Å². The molecular weight excluding hydrogens is 454 g/mol. The minimum atomic E-state index is 0.192. The molecule has 2 aromatic carbocycles. The number of piperazine rings is 1. The Hall–Kier alpha value is -3.78. The van der Waals surface area contributed by atoms with Gasteiger partial charge in [0.2, 0.25) is 11.8 Å². The molecule has 188 valence electrons. The molecule has 1 aliphatic heterocycles. The van der Waals surface area contributed by atoms with Gasteiger partial charge in [0, 0.05) is 49.0 Å². The highest BCUT2D eigenvalue weighted by Crippen LogP contribution is 2.26. The number of H-pyrrole nitrogens is 1. The Morgan fingerprint density at radius 2 is 1.58 bits per heavy atom. The van der Waals surface area contributed by atoms with Crippen molar-refractivity contribution < 1.29 is 14.2 Å². The monoisotopic (exact) mass is 487 g/mol. The second-order valence-electron chi connectivity index (χ2n) is 8.98. The van der Waals surface area contributed by atoms with E-state index in [2.05, 4.69) is 67.3 Å². The van der Waals surface area contributed by atoms with Crippen LogP contribution in [0.15, 0.2) is 60.8 Å². The van der Waals surface area contributed by atoms with Crippen molar-refractivity contribution in [2.45, 2.75) is 19.3 Å². The smallest absolute Gasteiger partial charge is 0.328 e. The molecule has 5 rings (SSSR count). The molecule has 0 saturated carbocycles. The van der Waals surface area contributed by atoms with Gasteiger partial charge in [-0.2, -0.15) is 9.97 Å². The number of hydrogen-bond donors (Lipinski definition) is 1. The zero-order valence-corrected chi connectivity index (χ0v) is 20.9. The molecule has 0 bridgehead atoms. The number of para-hydroxylation sites is 1. The zero-order chi connectivity index (χ0) is 24.7. The van der Waals surface area contributed by atoms with E-state index < -0.39 is 0 Å². The fraction of sp³-hybridized carbons (Fsp3) is 0.357. The maximum absolute atomic E-state index is 5.82. The molecule has 36 heavy (non-hydrogen) atoms. The molecule has 0 aliphatic carbocycles. The Morgan fingerprint density at radius 1 is 0.861 bits per heavy atom. The van der Waals surface area contributed by atoms with Crippen molar-refractivity contribution in [2.75, 3.05) is 51.8 Å². The number of aromatic amines is 1. The molecule has 1 aliphatic rings. The fourth-order valence-corrected chi connectivity index (χ4v) is 4.69. The van der Waals surface area contributed by atoms with Gasteiger partial charge >= 0.3 is 6.01 Å². The van der Waals surface area contributed by atoms with Crippen LogP contribution in [0.3, 0.4) is 0 Å². The molecule has 8 heteroatoms. The first-order valence-corrected chi connectivity index (χ1v) is 12.5. The van der Waals surface area contributed by atoms with Crippen LogP contribution in [0.5, 0.6) is 23.5 Å². The normalized spacial score (nSPS) is 14.2. The average molecular weight is 488 g/mol. The van der Waals surface area contributed by atoms with Crippen LogP contribution in [-0.2, 0) is 6.42 Å². The molecule has 1 saturated heterocycles. The predicted molar refractivity (Wildman–Crippen MR) is 142 cm³/mol. The predicted octanol–water partition coefficient (Wildman–Crippen LogP) is 4.91. The van der Waals surface area contributed by atoms with Gasteiger partial charge in [-0.05, 0) is 61.7 Å². The molecule has 2 aromatic heterocycles. The van der Waals surface area contributed by atoms with E-state index >= 15 is 0 Å². The maximum atomic E-state index is 5.82. The summed E-state index contributed by atoms with van der Waals surface area (Å²) >= 11 is 0.